The Kier molecular flexibility index (Phi) is 4.20. The molecule has 0 aliphatic carbocycles. The predicted octanol–water partition coefficient (Wildman–Crippen LogP) is 2.23. The van der Waals surface area contributed by atoms with Crippen LogP contribution in [0.25, 0.3) is 0 Å². The Morgan fingerprint density at radius 1 is 1.56 bits per heavy atom. The molecule has 1 aliphatic rings. The summed E-state index contributed by atoms with van der Waals surface area (Å²) < 4.78 is 0. The molecule has 2 N–H and O–H groups in total. The van der Waals surface area contributed by atoms with Gasteiger partial charge in [-0.25, -0.2) is 4.79 Å². The van der Waals surface area contributed by atoms with Crippen molar-refractivity contribution in [3.63, 3.8) is 0 Å². The maximum Gasteiger partial charge on any atom is 0.321 e. The second kappa shape index (κ2) is 5.87. The van der Waals surface area contributed by atoms with E-state index in [1.807, 2.05) is 31.2 Å². The summed E-state index contributed by atoms with van der Waals surface area (Å²) in [5.41, 5.74) is 1.95. The molecule has 1 heterocycles. The fourth-order valence-electron chi connectivity index (χ4n) is 2.32. The highest BCUT2D eigenvalue weighted by molar-refractivity contribution is 5.89. The first-order valence-electron chi connectivity index (χ1n) is 6.42. The lowest BCUT2D eigenvalue weighted by molar-refractivity contribution is 0.136. The average Bonchev–Trinajstić information content (AvgIpc) is 2.39. The molecule has 1 aromatic carbocycles. The molecule has 1 aliphatic heterocycles. The summed E-state index contributed by atoms with van der Waals surface area (Å²) in [4.78, 5) is 13.9. The number of aliphatic hydroxyl groups excluding tert-OH is 1. The lowest BCUT2D eigenvalue weighted by Crippen LogP contribution is -2.43. The van der Waals surface area contributed by atoms with Crippen LogP contribution in [0.2, 0.25) is 0 Å². The lowest BCUT2D eigenvalue weighted by atomic mass is 9.99. The summed E-state index contributed by atoms with van der Waals surface area (Å²) in [6.45, 7) is 3.58. The van der Waals surface area contributed by atoms with Gasteiger partial charge in [0.05, 0.1) is 0 Å². The van der Waals surface area contributed by atoms with Gasteiger partial charge in [0.2, 0.25) is 0 Å². The zero-order chi connectivity index (χ0) is 13.0. The van der Waals surface area contributed by atoms with Crippen LogP contribution in [0, 0.1) is 12.8 Å². The van der Waals surface area contributed by atoms with E-state index in [1.54, 1.807) is 4.90 Å². The third-order valence-corrected chi connectivity index (χ3v) is 3.33. The van der Waals surface area contributed by atoms with Crippen molar-refractivity contribution in [2.24, 2.45) is 5.92 Å². The Morgan fingerprint density at radius 2 is 2.39 bits per heavy atom. The third kappa shape index (κ3) is 3.23. The van der Waals surface area contributed by atoms with E-state index < -0.39 is 0 Å². The molecule has 0 spiro atoms. The number of anilines is 1. The number of aliphatic hydroxyl groups is 1. The summed E-state index contributed by atoms with van der Waals surface area (Å²) >= 11 is 0. The minimum Gasteiger partial charge on any atom is -0.396 e. The van der Waals surface area contributed by atoms with Crippen LogP contribution in [0.4, 0.5) is 10.5 Å². The van der Waals surface area contributed by atoms with Gasteiger partial charge in [0.1, 0.15) is 0 Å². The molecule has 0 radical (unpaired) electrons. The van der Waals surface area contributed by atoms with Crippen LogP contribution in [-0.2, 0) is 0 Å². The van der Waals surface area contributed by atoms with Gasteiger partial charge in [-0.2, -0.15) is 0 Å². The zero-order valence-electron chi connectivity index (χ0n) is 10.7. The molecule has 0 aromatic heterocycles. The molecule has 1 fully saturated rings. The number of urea groups is 1. The quantitative estimate of drug-likeness (QED) is 0.843. The summed E-state index contributed by atoms with van der Waals surface area (Å²) in [6.07, 6.45) is 1.97. The van der Waals surface area contributed by atoms with E-state index in [4.69, 9.17) is 5.11 Å². The zero-order valence-corrected chi connectivity index (χ0v) is 10.7. The Hall–Kier alpha value is -1.55. The van der Waals surface area contributed by atoms with Crippen LogP contribution in [0.5, 0.6) is 0 Å². The molecule has 0 bridgehead atoms. The molecule has 2 rings (SSSR count). The smallest absolute Gasteiger partial charge is 0.321 e. The molecule has 2 amide bonds. The highest BCUT2D eigenvalue weighted by Crippen LogP contribution is 2.17. The number of carbonyl (C=O) groups is 1. The fourth-order valence-corrected chi connectivity index (χ4v) is 2.32. The summed E-state index contributed by atoms with van der Waals surface area (Å²) in [7, 11) is 0. The number of benzene rings is 1. The molecule has 1 aromatic rings. The minimum atomic E-state index is -0.0706. The number of nitrogens with one attached hydrogen (secondary N) is 1. The van der Waals surface area contributed by atoms with E-state index in [0.717, 1.165) is 30.6 Å². The van der Waals surface area contributed by atoms with E-state index in [2.05, 4.69) is 5.32 Å². The highest BCUT2D eigenvalue weighted by Gasteiger charge is 2.22. The largest absolute Gasteiger partial charge is 0.396 e. The number of piperidine rings is 1. The number of hydrogen-bond donors (Lipinski definition) is 2. The monoisotopic (exact) mass is 248 g/mol. The molecule has 0 saturated carbocycles. The van der Waals surface area contributed by atoms with Crippen LogP contribution in [0.1, 0.15) is 18.4 Å². The first-order chi connectivity index (χ1) is 8.69. The molecule has 4 nitrogen and oxygen atoms in total. The molecule has 1 saturated heterocycles. The van der Waals surface area contributed by atoms with Crippen molar-refractivity contribution in [3.8, 4) is 0 Å². The van der Waals surface area contributed by atoms with E-state index in [-0.39, 0.29) is 18.6 Å². The molecular weight excluding hydrogens is 228 g/mol. The van der Waals surface area contributed by atoms with Gasteiger partial charge in [-0.1, -0.05) is 12.1 Å². The van der Waals surface area contributed by atoms with E-state index in [9.17, 15) is 4.79 Å². The SMILES string of the molecule is Cc1cccc(NC(=O)N2CCC[C@@H](CO)C2)c1. The van der Waals surface area contributed by atoms with Crippen LogP contribution in [0.15, 0.2) is 24.3 Å². The Balaban J connectivity index is 1.95. The average molecular weight is 248 g/mol. The van der Waals surface area contributed by atoms with Crippen molar-refractivity contribution in [3.05, 3.63) is 29.8 Å². The van der Waals surface area contributed by atoms with Crippen LogP contribution >= 0.6 is 0 Å². The predicted molar refractivity (Wildman–Crippen MR) is 71.6 cm³/mol. The summed E-state index contributed by atoms with van der Waals surface area (Å²) in [5.74, 6) is 0.224. The molecular formula is C14H20N2O2. The van der Waals surface area contributed by atoms with Gasteiger partial charge in [0.15, 0.2) is 0 Å². The first-order valence-corrected chi connectivity index (χ1v) is 6.42. The standard InChI is InChI=1S/C14H20N2O2/c1-11-4-2-6-13(8-11)15-14(18)16-7-3-5-12(9-16)10-17/h2,4,6,8,12,17H,3,5,7,9-10H2,1H3,(H,15,18)/t12-/m1/s1. The number of hydrogen-bond acceptors (Lipinski definition) is 2. The topological polar surface area (TPSA) is 52.6 Å². The van der Waals surface area contributed by atoms with Crippen LogP contribution in [0.3, 0.4) is 0 Å². The number of amides is 2. The number of aryl methyl sites for hydroxylation is 1. The normalized spacial score (nSPS) is 19.7. The van der Waals surface area contributed by atoms with E-state index in [0.29, 0.717) is 6.54 Å². The minimum absolute atomic E-state index is 0.0706. The van der Waals surface area contributed by atoms with Crippen molar-refractivity contribution < 1.29 is 9.90 Å². The van der Waals surface area contributed by atoms with Gasteiger partial charge < -0.3 is 15.3 Å². The Bertz CT molecular complexity index is 420. The maximum atomic E-state index is 12.1. The molecule has 98 valence electrons. The second-order valence-corrected chi connectivity index (χ2v) is 4.94. The van der Waals surface area contributed by atoms with Crippen LogP contribution in [-0.4, -0.2) is 35.7 Å². The van der Waals surface area contributed by atoms with Crippen LogP contribution < -0.4 is 5.32 Å². The molecule has 1 atom stereocenters. The van der Waals surface area contributed by atoms with Crippen molar-refractivity contribution in [1.82, 2.24) is 4.90 Å². The van der Waals surface area contributed by atoms with Gasteiger partial charge in [-0.15, -0.1) is 0 Å². The molecule has 18 heavy (non-hydrogen) atoms. The van der Waals surface area contributed by atoms with Gasteiger partial charge >= 0.3 is 6.03 Å². The van der Waals surface area contributed by atoms with Gasteiger partial charge in [0, 0.05) is 25.4 Å². The fraction of sp³-hybridized carbons (Fsp3) is 0.500. The Labute approximate surface area is 108 Å². The van der Waals surface area contributed by atoms with Crippen molar-refractivity contribution >= 4 is 11.7 Å². The molecule has 4 heteroatoms. The van der Waals surface area contributed by atoms with E-state index in [1.165, 1.54) is 0 Å². The van der Waals surface area contributed by atoms with Gasteiger partial charge in [0.25, 0.3) is 0 Å². The van der Waals surface area contributed by atoms with E-state index >= 15 is 0 Å². The highest BCUT2D eigenvalue weighted by atomic mass is 16.3. The number of carbonyl (C=O) groups excluding carboxylic acids is 1. The lowest BCUT2D eigenvalue weighted by Gasteiger charge is -2.31. The maximum absolute atomic E-state index is 12.1. The summed E-state index contributed by atoms with van der Waals surface area (Å²) in [5, 5.41) is 12.1. The first kappa shape index (κ1) is 12.9. The molecule has 0 unspecified atom stereocenters. The van der Waals surface area contributed by atoms with Gasteiger partial charge in [-0.05, 0) is 43.4 Å². The number of rotatable bonds is 2. The van der Waals surface area contributed by atoms with Gasteiger partial charge in [-0.3, -0.25) is 0 Å². The number of nitrogens with zero attached hydrogens (tertiary/aromatic N) is 1. The van der Waals surface area contributed by atoms with Crippen molar-refractivity contribution in [2.75, 3.05) is 25.0 Å². The third-order valence-electron chi connectivity index (χ3n) is 3.33. The number of likely N-dealkylation sites (tertiary alicyclic amines) is 1. The van der Waals surface area contributed by atoms with Crippen molar-refractivity contribution in [1.29, 1.82) is 0 Å². The Morgan fingerprint density at radius 3 is 3.11 bits per heavy atom. The van der Waals surface area contributed by atoms with Crippen molar-refractivity contribution in [2.45, 2.75) is 19.8 Å². The second-order valence-electron chi connectivity index (χ2n) is 4.94. The summed E-state index contributed by atoms with van der Waals surface area (Å²) in [6, 6.07) is 7.69.